The summed E-state index contributed by atoms with van der Waals surface area (Å²) < 4.78 is 0. The van der Waals surface area contributed by atoms with Crippen LogP contribution in [0.1, 0.15) is 24.8 Å². The zero-order chi connectivity index (χ0) is 13.2. The molecular formula is C15H19ClN2O. The first kappa shape index (κ1) is 12.9. The standard InChI is InChI=1S/C15H19ClN2O/c16-13-3-1-11(2-4-13)10-18(14-5-6-14)15(19)12-7-8-17-9-12/h1-4,12,14,17H,5-10H2. The summed E-state index contributed by atoms with van der Waals surface area (Å²) in [6.07, 6.45) is 3.28. The third-order valence-corrected chi connectivity index (χ3v) is 4.20. The monoisotopic (exact) mass is 278 g/mol. The first-order chi connectivity index (χ1) is 9.24. The Bertz CT molecular complexity index is 450. The zero-order valence-corrected chi connectivity index (χ0v) is 11.7. The number of carbonyl (C=O) groups is 1. The van der Waals surface area contributed by atoms with Crippen molar-refractivity contribution in [3.8, 4) is 0 Å². The molecule has 4 heteroatoms. The molecule has 1 amide bonds. The highest BCUT2D eigenvalue weighted by Crippen LogP contribution is 2.30. The molecule has 1 saturated heterocycles. The van der Waals surface area contributed by atoms with Crippen LogP contribution in [0.25, 0.3) is 0 Å². The van der Waals surface area contributed by atoms with Crippen LogP contribution in [0.15, 0.2) is 24.3 Å². The number of amides is 1. The summed E-state index contributed by atoms with van der Waals surface area (Å²) in [5, 5.41) is 4.02. The Labute approximate surface area is 118 Å². The van der Waals surface area contributed by atoms with Gasteiger partial charge in [-0.2, -0.15) is 0 Å². The molecule has 2 fully saturated rings. The molecule has 0 spiro atoms. The summed E-state index contributed by atoms with van der Waals surface area (Å²) in [4.78, 5) is 14.6. The van der Waals surface area contributed by atoms with Crippen LogP contribution in [-0.4, -0.2) is 29.9 Å². The van der Waals surface area contributed by atoms with E-state index in [1.807, 2.05) is 24.3 Å². The molecule has 1 aliphatic heterocycles. The minimum absolute atomic E-state index is 0.174. The van der Waals surface area contributed by atoms with Crippen molar-refractivity contribution in [2.75, 3.05) is 13.1 Å². The van der Waals surface area contributed by atoms with Crippen LogP contribution in [0.5, 0.6) is 0 Å². The molecule has 102 valence electrons. The van der Waals surface area contributed by atoms with E-state index in [1.165, 1.54) is 0 Å². The Kier molecular flexibility index (Phi) is 3.76. The Morgan fingerprint density at radius 1 is 1.26 bits per heavy atom. The van der Waals surface area contributed by atoms with Crippen molar-refractivity contribution in [3.63, 3.8) is 0 Å². The number of halogens is 1. The van der Waals surface area contributed by atoms with Crippen LogP contribution < -0.4 is 5.32 Å². The summed E-state index contributed by atoms with van der Waals surface area (Å²) >= 11 is 5.90. The van der Waals surface area contributed by atoms with Crippen LogP contribution in [0.4, 0.5) is 0 Å². The topological polar surface area (TPSA) is 32.3 Å². The van der Waals surface area contributed by atoms with E-state index in [0.717, 1.165) is 49.5 Å². The minimum Gasteiger partial charge on any atom is -0.335 e. The van der Waals surface area contributed by atoms with Gasteiger partial charge < -0.3 is 10.2 Å². The van der Waals surface area contributed by atoms with E-state index in [0.29, 0.717) is 11.9 Å². The third-order valence-electron chi connectivity index (χ3n) is 3.95. The van der Waals surface area contributed by atoms with Crippen LogP contribution in [0, 0.1) is 5.92 Å². The first-order valence-electron chi connectivity index (χ1n) is 6.99. The second kappa shape index (κ2) is 5.51. The molecule has 1 unspecified atom stereocenters. The van der Waals surface area contributed by atoms with Gasteiger partial charge in [0, 0.05) is 24.2 Å². The van der Waals surface area contributed by atoms with Crippen LogP contribution in [-0.2, 0) is 11.3 Å². The SMILES string of the molecule is O=C(C1CCNC1)N(Cc1ccc(Cl)cc1)C1CC1. The van der Waals surface area contributed by atoms with Crippen molar-refractivity contribution >= 4 is 17.5 Å². The van der Waals surface area contributed by atoms with Crippen molar-refractivity contribution in [2.45, 2.75) is 31.8 Å². The summed E-state index contributed by atoms with van der Waals surface area (Å²) in [5.74, 6) is 0.496. The molecule has 1 N–H and O–H groups in total. The van der Waals surface area contributed by atoms with Crippen LogP contribution >= 0.6 is 11.6 Å². The molecule has 1 atom stereocenters. The van der Waals surface area contributed by atoms with Gasteiger partial charge in [-0.15, -0.1) is 0 Å². The van der Waals surface area contributed by atoms with E-state index in [4.69, 9.17) is 11.6 Å². The fourth-order valence-electron chi connectivity index (χ4n) is 2.66. The normalized spacial score (nSPS) is 22.5. The van der Waals surface area contributed by atoms with Crippen molar-refractivity contribution in [3.05, 3.63) is 34.9 Å². The van der Waals surface area contributed by atoms with E-state index < -0.39 is 0 Å². The molecule has 0 aromatic heterocycles. The van der Waals surface area contributed by atoms with E-state index >= 15 is 0 Å². The van der Waals surface area contributed by atoms with Gasteiger partial charge in [-0.3, -0.25) is 4.79 Å². The van der Waals surface area contributed by atoms with Gasteiger partial charge in [-0.1, -0.05) is 23.7 Å². The van der Waals surface area contributed by atoms with Crippen molar-refractivity contribution in [2.24, 2.45) is 5.92 Å². The second-order valence-corrected chi connectivity index (χ2v) is 5.95. The molecule has 1 saturated carbocycles. The van der Waals surface area contributed by atoms with E-state index in [-0.39, 0.29) is 5.92 Å². The largest absolute Gasteiger partial charge is 0.335 e. The lowest BCUT2D eigenvalue weighted by Gasteiger charge is -2.25. The van der Waals surface area contributed by atoms with Crippen molar-refractivity contribution < 1.29 is 4.79 Å². The molecule has 3 rings (SSSR count). The highest BCUT2D eigenvalue weighted by molar-refractivity contribution is 6.30. The van der Waals surface area contributed by atoms with Gasteiger partial charge in [0.25, 0.3) is 0 Å². The predicted molar refractivity (Wildman–Crippen MR) is 76.0 cm³/mol. The fourth-order valence-corrected chi connectivity index (χ4v) is 2.79. The Morgan fingerprint density at radius 2 is 2.00 bits per heavy atom. The number of hydrogen-bond acceptors (Lipinski definition) is 2. The fraction of sp³-hybridized carbons (Fsp3) is 0.533. The average Bonchev–Trinajstić information content (AvgIpc) is 3.11. The Morgan fingerprint density at radius 3 is 2.58 bits per heavy atom. The lowest BCUT2D eigenvalue weighted by atomic mass is 10.1. The molecule has 19 heavy (non-hydrogen) atoms. The second-order valence-electron chi connectivity index (χ2n) is 5.51. The quantitative estimate of drug-likeness (QED) is 0.917. The zero-order valence-electron chi connectivity index (χ0n) is 10.9. The average molecular weight is 279 g/mol. The molecule has 0 radical (unpaired) electrons. The van der Waals surface area contributed by atoms with Gasteiger partial charge in [0.05, 0.1) is 5.92 Å². The maximum atomic E-state index is 12.6. The third kappa shape index (κ3) is 3.10. The molecule has 1 heterocycles. The van der Waals surface area contributed by atoms with E-state index in [2.05, 4.69) is 10.2 Å². The highest BCUT2D eigenvalue weighted by atomic mass is 35.5. The molecule has 1 aromatic carbocycles. The molecular weight excluding hydrogens is 260 g/mol. The van der Waals surface area contributed by atoms with Gasteiger partial charge in [-0.05, 0) is 43.5 Å². The molecule has 1 aliphatic carbocycles. The molecule has 2 aliphatic rings. The number of rotatable bonds is 4. The molecule has 3 nitrogen and oxygen atoms in total. The maximum absolute atomic E-state index is 12.6. The van der Waals surface area contributed by atoms with Crippen LogP contribution in [0.2, 0.25) is 5.02 Å². The number of carbonyl (C=O) groups excluding carboxylic acids is 1. The van der Waals surface area contributed by atoms with Gasteiger partial charge in [0.15, 0.2) is 0 Å². The maximum Gasteiger partial charge on any atom is 0.227 e. The van der Waals surface area contributed by atoms with Gasteiger partial charge >= 0.3 is 0 Å². The van der Waals surface area contributed by atoms with Gasteiger partial charge in [0.2, 0.25) is 5.91 Å². The van der Waals surface area contributed by atoms with Crippen LogP contribution in [0.3, 0.4) is 0 Å². The Hall–Kier alpha value is -1.06. The van der Waals surface area contributed by atoms with E-state index in [9.17, 15) is 4.79 Å². The number of nitrogens with one attached hydrogen (secondary N) is 1. The van der Waals surface area contributed by atoms with Crippen molar-refractivity contribution in [1.29, 1.82) is 0 Å². The number of hydrogen-bond donors (Lipinski definition) is 1. The van der Waals surface area contributed by atoms with Crippen molar-refractivity contribution in [1.82, 2.24) is 10.2 Å². The molecule has 1 aromatic rings. The summed E-state index contributed by atoms with van der Waals surface area (Å²) in [6.45, 7) is 2.52. The first-order valence-corrected chi connectivity index (χ1v) is 7.37. The smallest absolute Gasteiger partial charge is 0.227 e. The summed E-state index contributed by atoms with van der Waals surface area (Å²) in [6, 6.07) is 8.27. The predicted octanol–water partition coefficient (Wildman–Crippen LogP) is 2.44. The number of benzene rings is 1. The lowest BCUT2D eigenvalue weighted by molar-refractivity contribution is -0.136. The van der Waals surface area contributed by atoms with Gasteiger partial charge in [-0.25, -0.2) is 0 Å². The molecule has 0 bridgehead atoms. The van der Waals surface area contributed by atoms with E-state index in [1.54, 1.807) is 0 Å². The minimum atomic E-state index is 0.174. The number of nitrogens with zero attached hydrogens (tertiary/aromatic N) is 1. The Balaban J connectivity index is 1.70. The van der Waals surface area contributed by atoms with Gasteiger partial charge in [0.1, 0.15) is 0 Å². The summed E-state index contributed by atoms with van der Waals surface area (Å²) in [5.41, 5.74) is 1.16. The lowest BCUT2D eigenvalue weighted by Crippen LogP contribution is -2.38. The summed E-state index contributed by atoms with van der Waals surface area (Å²) in [7, 11) is 0. The highest BCUT2D eigenvalue weighted by Gasteiger charge is 2.36.